The first-order valence-corrected chi connectivity index (χ1v) is 6.87. The molecule has 19 heavy (non-hydrogen) atoms. The van der Waals surface area contributed by atoms with Gasteiger partial charge in [-0.05, 0) is 37.8 Å². The molecule has 4 atom stereocenters. The Kier molecular flexibility index (Phi) is 4.42. The first kappa shape index (κ1) is 14.3. The van der Waals surface area contributed by atoms with Gasteiger partial charge >= 0.3 is 5.97 Å². The van der Waals surface area contributed by atoms with Gasteiger partial charge < -0.3 is 14.9 Å². The molecule has 2 aliphatic rings. The minimum absolute atomic E-state index is 0.0296. The van der Waals surface area contributed by atoms with E-state index in [4.69, 9.17) is 4.74 Å². The average molecular weight is 266 g/mol. The van der Waals surface area contributed by atoms with Crippen LogP contribution < -0.4 is 0 Å². The Morgan fingerprint density at radius 3 is 2.89 bits per heavy atom. The van der Waals surface area contributed by atoms with Gasteiger partial charge in [0.25, 0.3) is 0 Å². The maximum absolute atomic E-state index is 11.7. The lowest BCUT2D eigenvalue weighted by Crippen LogP contribution is -2.32. The second kappa shape index (κ2) is 5.88. The quantitative estimate of drug-likeness (QED) is 0.558. The minimum Gasteiger partial charge on any atom is -0.457 e. The van der Waals surface area contributed by atoms with Crippen molar-refractivity contribution in [2.24, 2.45) is 11.8 Å². The highest BCUT2D eigenvalue weighted by Crippen LogP contribution is 2.35. The van der Waals surface area contributed by atoms with E-state index in [9.17, 15) is 15.0 Å². The fraction of sp³-hybridized carbons (Fsp3) is 0.667. The van der Waals surface area contributed by atoms with Gasteiger partial charge in [0, 0.05) is 5.92 Å². The van der Waals surface area contributed by atoms with Gasteiger partial charge in [0.1, 0.15) is 6.10 Å². The van der Waals surface area contributed by atoms with Crippen molar-refractivity contribution in [2.75, 3.05) is 6.61 Å². The van der Waals surface area contributed by atoms with Crippen LogP contribution >= 0.6 is 0 Å². The van der Waals surface area contributed by atoms with Crippen LogP contribution in [-0.4, -0.2) is 35.0 Å². The zero-order chi connectivity index (χ0) is 14.0. The topological polar surface area (TPSA) is 66.8 Å². The molecule has 0 aromatic rings. The number of esters is 1. The zero-order valence-electron chi connectivity index (χ0n) is 11.5. The molecule has 4 nitrogen and oxygen atoms in total. The predicted molar refractivity (Wildman–Crippen MR) is 71.3 cm³/mol. The molecule has 106 valence electrons. The molecule has 0 aromatic carbocycles. The summed E-state index contributed by atoms with van der Waals surface area (Å²) in [5, 5.41) is 19.7. The van der Waals surface area contributed by atoms with Crippen molar-refractivity contribution in [2.45, 2.75) is 45.3 Å². The predicted octanol–water partition coefficient (Wildman–Crippen LogP) is 1.57. The number of aliphatic hydroxyl groups is 2. The Morgan fingerprint density at radius 2 is 2.21 bits per heavy atom. The number of allylic oxidation sites excluding steroid dienone is 1. The van der Waals surface area contributed by atoms with E-state index in [0.717, 1.165) is 24.0 Å². The summed E-state index contributed by atoms with van der Waals surface area (Å²) in [6.45, 7) is 3.76. The highest BCUT2D eigenvalue weighted by molar-refractivity contribution is 5.75. The summed E-state index contributed by atoms with van der Waals surface area (Å²) in [4.78, 5) is 11.7. The van der Waals surface area contributed by atoms with Crippen LogP contribution in [0.2, 0.25) is 0 Å². The van der Waals surface area contributed by atoms with Crippen molar-refractivity contribution < 1.29 is 19.7 Å². The summed E-state index contributed by atoms with van der Waals surface area (Å²) in [5.41, 5.74) is 1.99. The maximum Gasteiger partial charge on any atom is 0.309 e. The van der Waals surface area contributed by atoms with E-state index in [-0.39, 0.29) is 24.4 Å². The van der Waals surface area contributed by atoms with Crippen molar-refractivity contribution in [3.05, 3.63) is 23.3 Å². The van der Waals surface area contributed by atoms with Crippen LogP contribution in [0.3, 0.4) is 0 Å². The third-order valence-corrected chi connectivity index (χ3v) is 4.12. The first-order chi connectivity index (χ1) is 9.02. The first-order valence-electron chi connectivity index (χ1n) is 6.87. The maximum atomic E-state index is 11.7. The van der Waals surface area contributed by atoms with E-state index in [1.807, 2.05) is 13.0 Å². The number of carbonyl (C=O) groups excluding carboxylic acids is 1. The summed E-state index contributed by atoms with van der Waals surface area (Å²) in [7, 11) is 0. The minimum atomic E-state index is -0.586. The molecule has 1 saturated heterocycles. The van der Waals surface area contributed by atoms with Gasteiger partial charge in [-0.25, -0.2) is 0 Å². The van der Waals surface area contributed by atoms with Gasteiger partial charge in [-0.1, -0.05) is 18.6 Å². The molecule has 0 amide bonds. The summed E-state index contributed by atoms with van der Waals surface area (Å²) in [6, 6.07) is 0. The fourth-order valence-corrected chi connectivity index (χ4v) is 2.96. The van der Waals surface area contributed by atoms with Gasteiger partial charge in [-0.2, -0.15) is 0 Å². The van der Waals surface area contributed by atoms with E-state index in [2.05, 4.69) is 6.08 Å². The Morgan fingerprint density at radius 1 is 1.47 bits per heavy atom. The fourth-order valence-electron chi connectivity index (χ4n) is 2.96. The lowest BCUT2D eigenvalue weighted by atomic mass is 9.82. The van der Waals surface area contributed by atoms with Gasteiger partial charge in [0.2, 0.25) is 0 Å². The normalized spacial score (nSPS) is 41.6. The highest BCUT2D eigenvalue weighted by Gasteiger charge is 2.44. The summed E-state index contributed by atoms with van der Waals surface area (Å²) < 4.78 is 5.34. The van der Waals surface area contributed by atoms with Crippen molar-refractivity contribution in [3.63, 3.8) is 0 Å². The molecule has 1 heterocycles. The molecule has 4 heteroatoms. The van der Waals surface area contributed by atoms with E-state index in [1.165, 1.54) is 0 Å². The Hall–Kier alpha value is -1.13. The van der Waals surface area contributed by atoms with E-state index < -0.39 is 12.2 Å². The number of hydrogen-bond acceptors (Lipinski definition) is 4. The van der Waals surface area contributed by atoms with E-state index >= 15 is 0 Å². The third kappa shape index (κ3) is 3.07. The van der Waals surface area contributed by atoms with Crippen LogP contribution in [0.4, 0.5) is 0 Å². The second-order valence-corrected chi connectivity index (χ2v) is 5.61. The Bertz CT molecular complexity index is 410. The molecule has 2 rings (SSSR count). The van der Waals surface area contributed by atoms with Crippen molar-refractivity contribution in [1.29, 1.82) is 0 Å². The van der Waals surface area contributed by atoms with E-state index in [0.29, 0.717) is 6.42 Å². The molecular weight excluding hydrogens is 244 g/mol. The molecule has 0 aromatic heterocycles. The number of ether oxygens (including phenoxy) is 1. The SMILES string of the molecule is C/C1=C\CC/C(CO)=C/[C@H]2OC(=O)C(C)[C@@H]2[C@@H](O)C1. The van der Waals surface area contributed by atoms with Crippen molar-refractivity contribution in [1.82, 2.24) is 0 Å². The monoisotopic (exact) mass is 266 g/mol. The molecule has 0 radical (unpaired) electrons. The number of hydrogen-bond donors (Lipinski definition) is 2. The molecule has 1 aliphatic carbocycles. The number of rotatable bonds is 1. The number of fused-ring (bicyclic) bond motifs is 1. The summed E-state index contributed by atoms with van der Waals surface area (Å²) in [5.74, 6) is -0.789. The number of carbonyl (C=O) groups is 1. The van der Waals surface area contributed by atoms with Crippen LogP contribution in [0.25, 0.3) is 0 Å². The second-order valence-electron chi connectivity index (χ2n) is 5.61. The van der Waals surface area contributed by atoms with Gasteiger partial charge in [-0.15, -0.1) is 0 Å². The third-order valence-electron chi connectivity index (χ3n) is 4.12. The van der Waals surface area contributed by atoms with Gasteiger partial charge in [0.05, 0.1) is 18.6 Å². The standard InChI is InChI=1S/C15H22O4/c1-9-4-3-5-11(8-16)7-13-14(12(17)6-9)10(2)15(18)19-13/h4,7,10,12-14,16-17H,3,5-6,8H2,1-2H3/b9-4+,11-7-/t10?,12-,13+,14+/m0/s1. The molecule has 2 N–H and O–H groups in total. The Labute approximate surface area is 113 Å². The summed E-state index contributed by atoms with van der Waals surface area (Å²) in [6.07, 6.45) is 5.09. The van der Waals surface area contributed by atoms with Crippen LogP contribution in [0.15, 0.2) is 23.3 Å². The molecular formula is C15H22O4. The smallest absolute Gasteiger partial charge is 0.309 e. The van der Waals surface area contributed by atoms with Crippen LogP contribution in [0.1, 0.15) is 33.1 Å². The average Bonchev–Trinajstić information content (AvgIpc) is 2.63. The Balaban J connectivity index is 2.31. The molecule has 0 bridgehead atoms. The van der Waals surface area contributed by atoms with Crippen LogP contribution in [-0.2, 0) is 9.53 Å². The molecule has 1 fully saturated rings. The highest BCUT2D eigenvalue weighted by atomic mass is 16.6. The lowest BCUT2D eigenvalue weighted by Gasteiger charge is -2.25. The van der Waals surface area contributed by atoms with E-state index in [1.54, 1.807) is 6.92 Å². The molecule has 0 saturated carbocycles. The van der Waals surface area contributed by atoms with Crippen LogP contribution in [0.5, 0.6) is 0 Å². The van der Waals surface area contributed by atoms with Gasteiger partial charge in [0.15, 0.2) is 0 Å². The summed E-state index contributed by atoms with van der Waals surface area (Å²) >= 11 is 0. The molecule has 0 spiro atoms. The zero-order valence-corrected chi connectivity index (χ0v) is 11.5. The largest absolute Gasteiger partial charge is 0.457 e. The van der Waals surface area contributed by atoms with Crippen molar-refractivity contribution in [3.8, 4) is 0 Å². The molecule has 1 unspecified atom stereocenters. The van der Waals surface area contributed by atoms with Crippen LogP contribution in [0, 0.1) is 11.8 Å². The molecule has 1 aliphatic heterocycles. The van der Waals surface area contributed by atoms with Crippen molar-refractivity contribution >= 4 is 5.97 Å². The lowest BCUT2D eigenvalue weighted by molar-refractivity contribution is -0.142. The number of aliphatic hydroxyl groups excluding tert-OH is 2. The van der Waals surface area contributed by atoms with Gasteiger partial charge in [-0.3, -0.25) is 4.79 Å².